The monoisotopic (exact) mass is 232 g/mol. The lowest BCUT2D eigenvalue weighted by molar-refractivity contribution is 0.591. The van der Waals surface area contributed by atoms with Crippen LogP contribution in [0.25, 0.3) is 0 Å². The van der Waals surface area contributed by atoms with Crippen molar-refractivity contribution in [1.29, 1.82) is 0 Å². The molecule has 0 amide bonds. The predicted molar refractivity (Wildman–Crippen MR) is 57.1 cm³/mol. The van der Waals surface area contributed by atoms with Gasteiger partial charge in [0, 0.05) is 10.6 Å². The third kappa shape index (κ3) is 1.40. The minimum atomic E-state index is -3.19. The van der Waals surface area contributed by atoms with E-state index >= 15 is 0 Å². The summed E-state index contributed by atoms with van der Waals surface area (Å²) < 4.78 is 35.4. The van der Waals surface area contributed by atoms with E-state index in [0.717, 1.165) is 0 Å². The Morgan fingerprint density at radius 3 is 2.57 bits per heavy atom. The molecule has 0 atom stereocenters. The molecule has 3 nitrogen and oxygen atoms in total. The van der Waals surface area contributed by atoms with Gasteiger partial charge in [-0.15, -0.1) is 0 Å². The van der Waals surface area contributed by atoms with Crippen LogP contribution in [-0.4, -0.2) is 30.4 Å². The molecule has 1 aliphatic heterocycles. The van der Waals surface area contributed by atoms with E-state index in [1.54, 1.807) is 30.5 Å². The highest BCUT2D eigenvalue weighted by molar-refractivity contribution is 8.05. The minimum Gasteiger partial charge on any atom is -0.281 e. The lowest BCUT2D eigenvalue weighted by Crippen LogP contribution is -2.29. The quantitative estimate of drug-likeness (QED) is 0.662. The van der Waals surface area contributed by atoms with Crippen LogP contribution in [0.5, 0.6) is 0 Å². The van der Waals surface area contributed by atoms with Gasteiger partial charge in [-0.1, -0.05) is 22.1 Å². The molecule has 5 heteroatoms. The van der Waals surface area contributed by atoms with E-state index in [0.29, 0.717) is 4.90 Å². The number of hydrogen-bond donors (Lipinski definition) is 1. The third-order valence-corrected chi connectivity index (χ3v) is 7.20. The van der Waals surface area contributed by atoms with Gasteiger partial charge in [0.15, 0.2) is 9.84 Å². The molecule has 0 radical (unpaired) electrons. The molecule has 0 aromatic heterocycles. The van der Waals surface area contributed by atoms with Crippen LogP contribution in [0, 0.1) is 0 Å². The molecule has 1 aliphatic rings. The van der Waals surface area contributed by atoms with Gasteiger partial charge in [-0.2, -0.15) is 0 Å². The Morgan fingerprint density at radius 1 is 1.29 bits per heavy atom. The lowest BCUT2D eigenvalue weighted by atomic mass is 10.4. The van der Waals surface area contributed by atoms with Crippen LogP contribution in [0.15, 0.2) is 34.1 Å². The first-order chi connectivity index (χ1) is 6.43. The fourth-order valence-corrected chi connectivity index (χ4v) is 7.06. The standard InChI is InChI=1S/C9H12O3S2/c1-13(10)6-7-14(11,12)9-5-3-2-4-8(9)13/h2-5,13H,6-7H2,1H3. The second-order valence-electron chi connectivity index (χ2n) is 3.61. The van der Waals surface area contributed by atoms with Crippen molar-refractivity contribution < 1.29 is 12.6 Å². The summed E-state index contributed by atoms with van der Waals surface area (Å²) in [5, 5.41) is 0. The van der Waals surface area contributed by atoms with Crippen LogP contribution in [-0.2, 0) is 19.8 Å². The van der Waals surface area contributed by atoms with Crippen molar-refractivity contribution in [3.63, 3.8) is 0 Å². The molecule has 0 unspecified atom stereocenters. The first kappa shape index (κ1) is 9.86. The first-order valence-electron chi connectivity index (χ1n) is 4.32. The summed E-state index contributed by atoms with van der Waals surface area (Å²) >= 11 is 0. The van der Waals surface area contributed by atoms with E-state index in [-0.39, 0.29) is 16.4 Å². The second-order valence-corrected chi connectivity index (χ2v) is 8.82. The maximum absolute atomic E-state index is 12.1. The van der Waals surface area contributed by atoms with Crippen LogP contribution in [0.3, 0.4) is 0 Å². The summed E-state index contributed by atoms with van der Waals surface area (Å²) in [7, 11) is -5.62. The second kappa shape index (κ2) is 2.90. The summed E-state index contributed by atoms with van der Waals surface area (Å²) in [4.78, 5) is 0.781. The van der Waals surface area contributed by atoms with Crippen LogP contribution in [0.2, 0.25) is 0 Å². The number of rotatable bonds is 0. The number of fused-ring (bicyclic) bond motifs is 1. The average Bonchev–Trinajstić information content (AvgIpc) is 2.14. The summed E-state index contributed by atoms with van der Waals surface area (Å²) in [5.74, 6) is 0.282. The molecule has 1 aromatic rings. The molecule has 0 saturated heterocycles. The van der Waals surface area contributed by atoms with Gasteiger partial charge in [-0.3, -0.25) is 4.21 Å². The van der Waals surface area contributed by atoms with Gasteiger partial charge >= 0.3 is 0 Å². The molecule has 2 rings (SSSR count). The van der Waals surface area contributed by atoms with Gasteiger partial charge < -0.3 is 0 Å². The van der Waals surface area contributed by atoms with Crippen molar-refractivity contribution in [2.24, 2.45) is 0 Å². The molecule has 0 aliphatic carbocycles. The SMILES string of the molecule is C[SH]1(=O)CCS(=O)(=O)c2ccccc21. The Hall–Kier alpha value is -0.680. The molecule has 0 fully saturated rings. The summed E-state index contributed by atoms with van der Waals surface area (Å²) in [6, 6.07) is 6.60. The summed E-state index contributed by atoms with van der Waals surface area (Å²) in [5.41, 5.74) is 0. The van der Waals surface area contributed by atoms with Crippen molar-refractivity contribution in [2.45, 2.75) is 9.79 Å². The molecule has 0 spiro atoms. The Bertz CT molecular complexity index is 517. The van der Waals surface area contributed by atoms with E-state index < -0.39 is 19.8 Å². The van der Waals surface area contributed by atoms with E-state index in [9.17, 15) is 12.6 Å². The third-order valence-electron chi connectivity index (χ3n) is 2.50. The van der Waals surface area contributed by atoms with Gasteiger partial charge in [-0.25, -0.2) is 8.42 Å². The molecule has 0 bridgehead atoms. The Labute approximate surface area is 84.5 Å². The highest BCUT2D eigenvalue weighted by Gasteiger charge is 2.30. The van der Waals surface area contributed by atoms with Gasteiger partial charge in [0.2, 0.25) is 0 Å². The summed E-state index contributed by atoms with van der Waals surface area (Å²) in [6.07, 6.45) is 1.65. The summed E-state index contributed by atoms with van der Waals surface area (Å²) in [6.45, 7) is 0. The number of sulfone groups is 1. The molecule has 0 N–H and O–H groups in total. The van der Waals surface area contributed by atoms with E-state index in [1.165, 1.54) is 0 Å². The van der Waals surface area contributed by atoms with Crippen LogP contribution in [0.4, 0.5) is 0 Å². The number of hydrogen-bond acceptors (Lipinski definition) is 3. The molecule has 78 valence electrons. The largest absolute Gasteiger partial charge is 0.281 e. The fourth-order valence-electron chi connectivity index (χ4n) is 1.64. The van der Waals surface area contributed by atoms with Crippen LogP contribution in [0.1, 0.15) is 0 Å². The Kier molecular flexibility index (Phi) is 2.04. The zero-order valence-corrected chi connectivity index (χ0v) is 9.51. The van der Waals surface area contributed by atoms with Crippen LogP contribution < -0.4 is 0 Å². The van der Waals surface area contributed by atoms with Crippen molar-refractivity contribution in [2.75, 3.05) is 17.8 Å². The highest BCUT2D eigenvalue weighted by Crippen LogP contribution is 2.30. The Morgan fingerprint density at radius 2 is 1.93 bits per heavy atom. The van der Waals surface area contributed by atoms with E-state index in [4.69, 9.17) is 0 Å². The maximum Gasteiger partial charge on any atom is 0.180 e. The van der Waals surface area contributed by atoms with Crippen LogP contribution >= 0.6 is 0 Å². The molecule has 14 heavy (non-hydrogen) atoms. The van der Waals surface area contributed by atoms with Gasteiger partial charge in [-0.05, 0) is 18.4 Å². The highest BCUT2D eigenvalue weighted by atomic mass is 32.2. The van der Waals surface area contributed by atoms with Crippen molar-refractivity contribution in [3.05, 3.63) is 24.3 Å². The van der Waals surface area contributed by atoms with Crippen molar-refractivity contribution in [3.8, 4) is 0 Å². The van der Waals surface area contributed by atoms with Crippen molar-refractivity contribution >= 4 is 19.8 Å². The molecule has 0 saturated carbocycles. The average molecular weight is 232 g/mol. The molecular formula is C9H12O3S2. The smallest absolute Gasteiger partial charge is 0.180 e. The lowest BCUT2D eigenvalue weighted by Gasteiger charge is -2.26. The van der Waals surface area contributed by atoms with Gasteiger partial charge in [0.25, 0.3) is 0 Å². The zero-order valence-electron chi connectivity index (χ0n) is 7.80. The molecular weight excluding hydrogens is 220 g/mol. The molecule has 1 heterocycles. The van der Waals surface area contributed by atoms with E-state index in [2.05, 4.69) is 0 Å². The zero-order chi connectivity index (χ0) is 10.4. The van der Waals surface area contributed by atoms with Crippen molar-refractivity contribution in [1.82, 2.24) is 0 Å². The van der Waals surface area contributed by atoms with E-state index in [1.807, 2.05) is 0 Å². The van der Waals surface area contributed by atoms with Gasteiger partial charge in [0.1, 0.15) is 0 Å². The normalized spacial score (nSPS) is 24.9. The van der Waals surface area contributed by atoms with Gasteiger partial charge in [0.05, 0.1) is 10.6 Å². The topological polar surface area (TPSA) is 51.2 Å². The minimum absolute atomic E-state index is 0.0117. The number of thiol groups is 1. The number of benzene rings is 1. The fraction of sp³-hybridized carbons (Fsp3) is 0.333. The predicted octanol–water partition coefficient (Wildman–Crippen LogP) is 0.479. The first-order valence-corrected chi connectivity index (χ1v) is 8.31. The Balaban J connectivity index is 2.80. The maximum atomic E-state index is 12.1. The molecule has 1 aromatic carbocycles.